The molecule has 2 amide bonds. The van der Waals surface area contributed by atoms with E-state index in [1.807, 2.05) is 18.7 Å². The van der Waals surface area contributed by atoms with Gasteiger partial charge in [-0.2, -0.15) is 0 Å². The Morgan fingerprint density at radius 3 is 2.73 bits per heavy atom. The predicted octanol–water partition coefficient (Wildman–Crippen LogP) is 3.38. The minimum atomic E-state index is -0.613. The molecule has 10 heteroatoms. The van der Waals surface area contributed by atoms with Crippen LogP contribution < -0.4 is 15.0 Å². The number of halogens is 1. The lowest BCUT2D eigenvalue weighted by Crippen LogP contribution is -2.57. The van der Waals surface area contributed by atoms with Crippen LogP contribution in [0.4, 0.5) is 15.9 Å². The van der Waals surface area contributed by atoms with Crippen molar-refractivity contribution in [1.29, 1.82) is 0 Å². The number of piperazine rings is 1. The highest BCUT2D eigenvalue weighted by Crippen LogP contribution is 2.45. The number of fused-ring (bicyclic) bond motifs is 2. The Morgan fingerprint density at radius 1 is 1.27 bits per heavy atom. The summed E-state index contributed by atoms with van der Waals surface area (Å²) in [5, 5.41) is 13.8. The van der Waals surface area contributed by atoms with E-state index >= 15 is 4.39 Å². The molecular weight excluding hydrogens is 513 g/mol. The number of nitrogens with one attached hydrogen (secondary N) is 1. The molecule has 2 fully saturated rings. The zero-order valence-electron chi connectivity index (χ0n) is 23.2. The number of amides is 2. The molecule has 1 aromatic heterocycles. The van der Waals surface area contributed by atoms with Crippen LogP contribution in [0.2, 0.25) is 0 Å². The number of rotatable bonds is 6. The van der Waals surface area contributed by atoms with Crippen LogP contribution in [-0.2, 0) is 4.79 Å². The number of β-amino-alcohol motifs (C(OH)–C–C–N with tert-alkyl or cyclic N) is 1. The number of aliphatic hydroxyl groups is 1. The number of benzene rings is 1. The van der Waals surface area contributed by atoms with Crippen LogP contribution in [0.5, 0.6) is 5.75 Å². The number of carbonyl (C=O) groups is 2. The molecule has 2 aromatic rings. The van der Waals surface area contributed by atoms with E-state index in [1.54, 1.807) is 34.9 Å². The van der Waals surface area contributed by atoms with Crippen molar-refractivity contribution < 1.29 is 23.8 Å². The van der Waals surface area contributed by atoms with Gasteiger partial charge in [0, 0.05) is 49.5 Å². The molecule has 2 N–H and O–H groups in total. The second kappa shape index (κ2) is 10.6. The van der Waals surface area contributed by atoms with E-state index in [-0.39, 0.29) is 36.6 Å². The molecule has 0 bridgehead atoms. The number of pyridine rings is 1. The average molecular weight is 550 g/mol. The molecule has 0 radical (unpaired) electrons. The summed E-state index contributed by atoms with van der Waals surface area (Å²) in [6.45, 7) is 15.0. The van der Waals surface area contributed by atoms with Gasteiger partial charge in [0.15, 0.2) is 0 Å². The van der Waals surface area contributed by atoms with Crippen LogP contribution >= 0.6 is 0 Å². The number of anilines is 2. The maximum absolute atomic E-state index is 15.5. The Labute approximate surface area is 233 Å². The van der Waals surface area contributed by atoms with Crippen LogP contribution in [0.3, 0.4) is 0 Å². The molecule has 4 heterocycles. The largest absolute Gasteiger partial charge is 0.490 e. The lowest BCUT2D eigenvalue weighted by atomic mass is 9.97. The number of hydrogen-bond acceptors (Lipinski definition) is 7. The van der Waals surface area contributed by atoms with Crippen LogP contribution in [0, 0.1) is 12.7 Å². The first kappa shape index (κ1) is 27.6. The van der Waals surface area contributed by atoms with Crippen molar-refractivity contribution in [2.75, 3.05) is 49.5 Å². The van der Waals surface area contributed by atoms with Gasteiger partial charge in [0.1, 0.15) is 29.6 Å². The van der Waals surface area contributed by atoms with Gasteiger partial charge in [0.25, 0.3) is 5.91 Å². The van der Waals surface area contributed by atoms with Crippen LogP contribution in [0.25, 0.3) is 11.3 Å². The van der Waals surface area contributed by atoms with Crippen LogP contribution in [0.1, 0.15) is 36.2 Å². The smallest absolute Gasteiger partial charge is 0.261 e. The second-order valence-electron chi connectivity index (χ2n) is 11.2. The minimum absolute atomic E-state index is 0.161. The highest BCUT2D eigenvalue weighted by atomic mass is 19.1. The number of nitrogens with zero attached hydrogens (tertiary/aromatic N) is 4. The first-order valence-corrected chi connectivity index (χ1v) is 13.6. The number of aliphatic hydroxyl groups excluding tert-OH is 1. The zero-order valence-corrected chi connectivity index (χ0v) is 23.2. The molecular formula is C30H36FN5O4. The molecule has 40 heavy (non-hydrogen) atoms. The number of aromatic nitrogens is 1. The maximum Gasteiger partial charge on any atom is 0.261 e. The minimum Gasteiger partial charge on any atom is -0.490 e. The molecule has 2 saturated heterocycles. The Hall–Kier alpha value is -3.92. The molecule has 3 aliphatic heterocycles. The summed E-state index contributed by atoms with van der Waals surface area (Å²) < 4.78 is 21.9. The van der Waals surface area contributed by atoms with Crippen molar-refractivity contribution >= 4 is 23.3 Å². The van der Waals surface area contributed by atoms with Crippen molar-refractivity contribution in [2.24, 2.45) is 0 Å². The topological polar surface area (TPSA) is 98.2 Å². The van der Waals surface area contributed by atoms with E-state index < -0.39 is 17.5 Å². The van der Waals surface area contributed by atoms with E-state index in [1.165, 1.54) is 12.1 Å². The standard InChI is InChI=1S/C30H36FN5O4/c1-6-11-32-22-10-8-9-21(31)24(22)26-18(3)27-25(28(33-26)36-16-20(37)14-30(36,4)5)29(39)35-13-12-34(23(38)7-2)15-19(35)17-40-27/h6-10,19-20,32,37H,1-2,11-17H2,3-5H3/t19-,20+/m1/s1. The first-order chi connectivity index (χ1) is 19.1. The zero-order chi connectivity index (χ0) is 28.8. The van der Waals surface area contributed by atoms with E-state index in [4.69, 9.17) is 9.72 Å². The Kier molecular flexibility index (Phi) is 7.31. The van der Waals surface area contributed by atoms with Gasteiger partial charge in [-0.05, 0) is 45.4 Å². The van der Waals surface area contributed by atoms with Gasteiger partial charge in [-0.25, -0.2) is 9.37 Å². The van der Waals surface area contributed by atoms with Gasteiger partial charge in [-0.15, -0.1) is 6.58 Å². The third-order valence-electron chi connectivity index (χ3n) is 8.03. The van der Waals surface area contributed by atoms with Gasteiger partial charge in [0.2, 0.25) is 5.91 Å². The lowest BCUT2D eigenvalue weighted by Gasteiger charge is -2.40. The summed E-state index contributed by atoms with van der Waals surface area (Å²) in [6.07, 6.45) is 2.83. The van der Waals surface area contributed by atoms with Gasteiger partial charge in [-0.3, -0.25) is 9.59 Å². The molecule has 1 aromatic carbocycles. The summed E-state index contributed by atoms with van der Waals surface area (Å²) in [6, 6.07) is 4.40. The van der Waals surface area contributed by atoms with E-state index in [9.17, 15) is 14.7 Å². The number of carbonyl (C=O) groups excluding carboxylic acids is 2. The molecule has 212 valence electrons. The van der Waals surface area contributed by atoms with Crippen molar-refractivity contribution in [1.82, 2.24) is 14.8 Å². The van der Waals surface area contributed by atoms with E-state index in [0.717, 1.165) is 0 Å². The summed E-state index contributed by atoms with van der Waals surface area (Å²) >= 11 is 0. The Balaban J connectivity index is 1.70. The monoisotopic (exact) mass is 549 g/mol. The fraction of sp³-hybridized carbons (Fsp3) is 0.433. The van der Waals surface area contributed by atoms with Crippen LogP contribution in [0.15, 0.2) is 43.5 Å². The molecule has 0 spiro atoms. The SMILES string of the molecule is C=CCNc1cccc(F)c1-c1nc(N2C[C@@H](O)CC2(C)C)c2c(c1C)OC[C@H]1CN(C(=O)C=C)CCN1C2=O. The number of ether oxygens (including phenoxy) is 1. The average Bonchev–Trinajstić information content (AvgIpc) is 3.11. The predicted molar refractivity (Wildman–Crippen MR) is 152 cm³/mol. The summed E-state index contributed by atoms with van der Waals surface area (Å²) in [4.78, 5) is 36.9. The van der Waals surface area contributed by atoms with Crippen molar-refractivity contribution in [3.05, 3.63) is 60.5 Å². The lowest BCUT2D eigenvalue weighted by molar-refractivity contribution is -0.128. The van der Waals surface area contributed by atoms with E-state index in [2.05, 4.69) is 18.5 Å². The molecule has 3 aliphatic rings. The van der Waals surface area contributed by atoms with Crippen molar-refractivity contribution in [3.8, 4) is 17.0 Å². The normalized spacial score (nSPS) is 21.7. The Morgan fingerprint density at radius 2 is 2.05 bits per heavy atom. The molecule has 9 nitrogen and oxygen atoms in total. The summed E-state index contributed by atoms with van der Waals surface area (Å²) in [7, 11) is 0. The van der Waals surface area contributed by atoms with Gasteiger partial charge in [0.05, 0.1) is 23.4 Å². The van der Waals surface area contributed by atoms with E-state index in [0.29, 0.717) is 66.7 Å². The maximum atomic E-state index is 15.5. The highest BCUT2D eigenvalue weighted by Gasteiger charge is 2.45. The molecule has 2 atom stereocenters. The molecule has 0 unspecified atom stereocenters. The molecule has 5 rings (SSSR count). The number of hydrogen-bond donors (Lipinski definition) is 2. The molecule has 0 aliphatic carbocycles. The van der Waals surface area contributed by atoms with Crippen LogP contribution in [-0.4, -0.2) is 88.7 Å². The second-order valence-corrected chi connectivity index (χ2v) is 11.2. The van der Waals surface area contributed by atoms with Gasteiger partial charge in [-0.1, -0.05) is 18.7 Å². The Bertz CT molecular complexity index is 1380. The fourth-order valence-corrected chi connectivity index (χ4v) is 6.05. The van der Waals surface area contributed by atoms with Crippen molar-refractivity contribution in [3.63, 3.8) is 0 Å². The van der Waals surface area contributed by atoms with Gasteiger partial charge < -0.3 is 29.9 Å². The summed E-state index contributed by atoms with van der Waals surface area (Å²) in [5.74, 6) is -0.216. The molecule has 0 saturated carbocycles. The third-order valence-corrected chi connectivity index (χ3v) is 8.03. The summed E-state index contributed by atoms with van der Waals surface area (Å²) in [5.41, 5.74) is 1.48. The first-order valence-electron chi connectivity index (χ1n) is 13.6. The quantitative estimate of drug-likeness (QED) is 0.421. The fourth-order valence-electron chi connectivity index (χ4n) is 6.05. The van der Waals surface area contributed by atoms with Gasteiger partial charge >= 0.3 is 0 Å². The van der Waals surface area contributed by atoms with Crippen molar-refractivity contribution in [2.45, 2.75) is 44.9 Å². The highest BCUT2D eigenvalue weighted by molar-refractivity contribution is 6.04. The third kappa shape index (κ3) is 4.70.